The molecule has 0 radical (unpaired) electrons. The van der Waals surface area contributed by atoms with Crippen LogP contribution in [0.3, 0.4) is 0 Å². The van der Waals surface area contributed by atoms with Crippen molar-refractivity contribution in [3.63, 3.8) is 0 Å². The molecule has 0 atom stereocenters. The van der Waals surface area contributed by atoms with E-state index in [-0.39, 0.29) is 0 Å². The SMILES string of the molecule is CCCCCCCCOc1ccc(C(=O)Oc2ccc(C=Nc3ccccc3Cl)cc2)cc1. The van der Waals surface area contributed by atoms with E-state index < -0.39 is 5.97 Å². The number of halogens is 1. The van der Waals surface area contributed by atoms with Gasteiger partial charge in [0.2, 0.25) is 0 Å². The van der Waals surface area contributed by atoms with Crippen LogP contribution in [-0.2, 0) is 0 Å². The Bertz CT molecular complexity index is 1030. The average Bonchev–Trinajstić information content (AvgIpc) is 2.84. The summed E-state index contributed by atoms with van der Waals surface area (Å²) in [7, 11) is 0. The van der Waals surface area contributed by atoms with Gasteiger partial charge in [0, 0.05) is 6.21 Å². The Hall–Kier alpha value is -3.11. The molecule has 4 nitrogen and oxygen atoms in total. The maximum atomic E-state index is 12.4. The van der Waals surface area contributed by atoms with Crippen molar-refractivity contribution in [1.29, 1.82) is 0 Å². The van der Waals surface area contributed by atoms with E-state index in [1.54, 1.807) is 36.5 Å². The molecule has 0 aromatic heterocycles. The van der Waals surface area contributed by atoms with Crippen molar-refractivity contribution in [3.8, 4) is 11.5 Å². The summed E-state index contributed by atoms with van der Waals surface area (Å²) in [5.41, 5.74) is 2.06. The highest BCUT2D eigenvalue weighted by Crippen LogP contribution is 2.24. The molecule has 0 fully saturated rings. The Kier molecular flexibility index (Phi) is 9.99. The Balaban J connectivity index is 1.45. The van der Waals surface area contributed by atoms with Gasteiger partial charge in [0.15, 0.2) is 0 Å². The molecule has 33 heavy (non-hydrogen) atoms. The Morgan fingerprint density at radius 1 is 0.848 bits per heavy atom. The van der Waals surface area contributed by atoms with Gasteiger partial charge in [0.05, 0.1) is 22.9 Å². The number of carbonyl (C=O) groups is 1. The second kappa shape index (κ2) is 13.4. The van der Waals surface area contributed by atoms with Crippen LogP contribution in [0.15, 0.2) is 77.8 Å². The summed E-state index contributed by atoms with van der Waals surface area (Å²) in [5.74, 6) is 0.829. The molecule has 0 aliphatic heterocycles. The highest BCUT2D eigenvalue weighted by atomic mass is 35.5. The highest BCUT2D eigenvalue weighted by molar-refractivity contribution is 6.33. The lowest BCUT2D eigenvalue weighted by atomic mass is 10.1. The van der Waals surface area contributed by atoms with E-state index in [1.807, 2.05) is 42.5 Å². The van der Waals surface area contributed by atoms with Crippen LogP contribution in [0.5, 0.6) is 11.5 Å². The van der Waals surface area contributed by atoms with Crippen molar-refractivity contribution in [2.24, 2.45) is 4.99 Å². The van der Waals surface area contributed by atoms with E-state index in [4.69, 9.17) is 21.1 Å². The molecule has 0 saturated heterocycles. The summed E-state index contributed by atoms with van der Waals surface area (Å²) in [5, 5.41) is 0.595. The van der Waals surface area contributed by atoms with Crippen LogP contribution < -0.4 is 9.47 Å². The van der Waals surface area contributed by atoms with E-state index in [0.717, 1.165) is 17.7 Å². The smallest absolute Gasteiger partial charge is 0.343 e. The van der Waals surface area contributed by atoms with Crippen LogP contribution in [0.1, 0.15) is 61.4 Å². The Morgan fingerprint density at radius 2 is 1.52 bits per heavy atom. The maximum Gasteiger partial charge on any atom is 0.343 e. The van der Waals surface area contributed by atoms with Crippen LogP contribution in [0, 0.1) is 0 Å². The molecule has 0 spiro atoms. The van der Waals surface area contributed by atoms with Gasteiger partial charge in [-0.2, -0.15) is 0 Å². The first kappa shape index (κ1) is 24.5. The molecule has 0 heterocycles. The quantitative estimate of drug-likeness (QED) is 0.118. The standard InChI is InChI=1S/C28H30ClNO3/c1-2-3-4-5-6-9-20-32-24-18-14-23(15-19-24)28(31)33-25-16-12-22(13-17-25)21-30-27-11-8-7-10-26(27)29/h7-8,10-19,21H,2-6,9,20H2,1H3. The summed E-state index contributed by atoms with van der Waals surface area (Å²) in [6.45, 7) is 2.92. The number of esters is 1. The third-order valence-corrected chi connectivity index (χ3v) is 5.47. The average molecular weight is 464 g/mol. The summed E-state index contributed by atoms with van der Waals surface area (Å²) in [6.07, 6.45) is 9.08. The third kappa shape index (κ3) is 8.39. The zero-order chi connectivity index (χ0) is 23.3. The third-order valence-electron chi connectivity index (χ3n) is 5.15. The lowest BCUT2D eigenvalue weighted by Gasteiger charge is -2.08. The number of ether oxygens (including phenoxy) is 2. The molecule has 5 heteroatoms. The normalized spacial score (nSPS) is 11.0. The van der Waals surface area contributed by atoms with Crippen molar-refractivity contribution in [2.45, 2.75) is 45.4 Å². The monoisotopic (exact) mass is 463 g/mol. The van der Waals surface area contributed by atoms with Gasteiger partial charge in [0.25, 0.3) is 0 Å². The van der Waals surface area contributed by atoms with Gasteiger partial charge in [0.1, 0.15) is 11.5 Å². The second-order valence-corrected chi connectivity index (χ2v) is 8.22. The molecule has 3 rings (SSSR count). The van der Waals surface area contributed by atoms with Gasteiger partial charge in [-0.25, -0.2) is 4.79 Å². The zero-order valence-corrected chi connectivity index (χ0v) is 19.8. The van der Waals surface area contributed by atoms with E-state index >= 15 is 0 Å². The summed E-state index contributed by atoms with van der Waals surface area (Å²) < 4.78 is 11.2. The Labute approximate surface area is 201 Å². The van der Waals surface area contributed by atoms with Crippen molar-refractivity contribution in [1.82, 2.24) is 0 Å². The van der Waals surface area contributed by atoms with E-state index in [9.17, 15) is 4.79 Å². The number of nitrogens with zero attached hydrogens (tertiary/aromatic N) is 1. The lowest BCUT2D eigenvalue weighted by molar-refractivity contribution is 0.0734. The summed E-state index contributed by atoms with van der Waals surface area (Å²) >= 11 is 6.11. The van der Waals surface area contributed by atoms with Gasteiger partial charge in [-0.05, 0) is 72.6 Å². The number of hydrogen-bond acceptors (Lipinski definition) is 4. The maximum absolute atomic E-state index is 12.4. The van der Waals surface area contributed by atoms with E-state index in [1.165, 1.54) is 32.1 Å². The second-order valence-electron chi connectivity index (χ2n) is 7.81. The van der Waals surface area contributed by atoms with Crippen molar-refractivity contribution < 1.29 is 14.3 Å². The number of para-hydroxylation sites is 1. The molecule has 0 aliphatic rings. The molecule has 0 aliphatic carbocycles. The minimum atomic E-state index is -0.407. The molecule has 3 aromatic rings. The largest absolute Gasteiger partial charge is 0.494 e. The number of unbranched alkanes of at least 4 members (excludes halogenated alkanes) is 5. The zero-order valence-electron chi connectivity index (χ0n) is 19.0. The van der Waals surface area contributed by atoms with Gasteiger partial charge in [-0.1, -0.05) is 62.8 Å². The number of benzene rings is 3. The number of carbonyl (C=O) groups excluding carboxylic acids is 1. The molecular weight excluding hydrogens is 434 g/mol. The van der Waals surface area contributed by atoms with Crippen LogP contribution in [0.25, 0.3) is 0 Å². The predicted molar refractivity (Wildman–Crippen MR) is 135 cm³/mol. The predicted octanol–water partition coefficient (Wildman–Crippen LogP) is 8.05. The van der Waals surface area contributed by atoms with Crippen molar-refractivity contribution in [3.05, 3.63) is 88.9 Å². The molecular formula is C28H30ClNO3. The van der Waals surface area contributed by atoms with Gasteiger partial charge in [-0.3, -0.25) is 4.99 Å². The number of rotatable bonds is 12. The Morgan fingerprint density at radius 3 is 2.24 bits per heavy atom. The molecule has 0 amide bonds. The molecule has 0 N–H and O–H groups in total. The first-order chi connectivity index (χ1) is 16.2. The van der Waals surface area contributed by atoms with E-state index in [2.05, 4.69) is 11.9 Å². The molecule has 0 unspecified atom stereocenters. The summed E-state index contributed by atoms with van der Waals surface area (Å²) in [4.78, 5) is 16.8. The van der Waals surface area contributed by atoms with Crippen LogP contribution in [-0.4, -0.2) is 18.8 Å². The van der Waals surface area contributed by atoms with Crippen molar-refractivity contribution in [2.75, 3.05) is 6.61 Å². The molecule has 0 bridgehead atoms. The van der Waals surface area contributed by atoms with Crippen LogP contribution in [0.2, 0.25) is 5.02 Å². The van der Waals surface area contributed by atoms with Crippen molar-refractivity contribution >= 4 is 29.5 Å². The first-order valence-electron chi connectivity index (χ1n) is 11.5. The number of hydrogen-bond donors (Lipinski definition) is 0. The van der Waals surface area contributed by atoms with Crippen LogP contribution in [0.4, 0.5) is 5.69 Å². The topological polar surface area (TPSA) is 47.9 Å². The minimum absolute atomic E-state index is 0.407. The molecule has 0 saturated carbocycles. The fraction of sp³-hybridized carbons (Fsp3) is 0.286. The molecule has 172 valence electrons. The first-order valence-corrected chi connectivity index (χ1v) is 11.9. The van der Waals surface area contributed by atoms with E-state index in [0.29, 0.717) is 28.6 Å². The van der Waals surface area contributed by atoms with Gasteiger partial charge in [-0.15, -0.1) is 0 Å². The fourth-order valence-corrected chi connectivity index (χ4v) is 3.43. The lowest BCUT2D eigenvalue weighted by Crippen LogP contribution is -2.08. The molecule has 3 aromatic carbocycles. The number of aliphatic imine (C=N–C) groups is 1. The highest BCUT2D eigenvalue weighted by Gasteiger charge is 2.09. The van der Waals surface area contributed by atoms with Crippen LogP contribution >= 0.6 is 11.6 Å². The fourth-order valence-electron chi connectivity index (χ4n) is 3.25. The van der Waals surface area contributed by atoms with Gasteiger partial charge >= 0.3 is 5.97 Å². The summed E-state index contributed by atoms with van der Waals surface area (Å²) in [6, 6.07) is 21.6. The minimum Gasteiger partial charge on any atom is -0.494 e. The van der Waals surface area contributed by atoms with Gasteiger partial charge < -0.3 is 9.47 Å².